The van der Waals surface area contributed by atoms with E-state index in [1.165, 1.54) is 0 Å². The van der Waals surface area contributed by atoms with E-state index < -0.39 is 0 Å². The van der Waals surface area contributed by atoms with E-state index in [0.717, 1.165) is 0 Å². The van der Waals surface area contributed by atoms with E-state index in [1.54, 1.807) is 0 Å². The van der Waals surface area contributed by atoms with Crippen LogP contribution in [0.2, 0.25) is 0 Å². The minimum absolute atomic E-state index is 0. The fraction of sp³-hybridized carbons (Fsp3) is 0. The van der Waals surface area contributed by atoms with Crippen molar-refractivity contribution in [3.05, 3.63) is 0 Å². The maximum atomic E-state index is 0. The Balaban J connectivity index is 0. The Morgan fingerprint density at radius 1 is 0.600 bits per heavy atom. The first kappa shape index (κ1) is 112. The molecule has 0 saturated heterocycles. The molecule has 0 aliphatic rings. The van der Waals surface area contributed by atoms with E-state index in [2.05, 4.69) is 0 Å². The number of hydrogen-bond donors (Lipinski definition) is 0. The van der Waals surface area contributed by atoms with Crippen molar-refractivity contribution >= 4 is 24.0 Å². The van der Waals surface area contributed by atoms with Crippen molar-refractivity contribution in [2.45, 2.75) is 0 Å². The van der Waals surface area contributed by atoms with Crippen LogP contribution in [0.15, 0.2) is 0 Å². The fourth-order valence-electron chi connectivity index (χ4n) is 0. The van der Waals surface area contributed by atoms with Gasteiger partial charge in [0.05, 0.1) is 0 Å². The van der Waals surface area contributed by atoms with Crippen molar-refractivity contribution in [1.82, 2.24) is 0 Å². The third-order valence-corrected chi connectivity index (χ3v) is 0. The Morgan fingerprint density at radius 2 is 0.600 bits per heavy atom. The van der Waals surface area contributed by atoms with Crippen LogP contribution < -0.4 is 0 Å². The Bertz CT molecular complexity index is 6.85. The molecule has 0 aliphatic heterocycles. The van der Waals surface area contributed by atoms with E-state index in [-0.39, 0.29) is 59.9 Å². The summed E-state index contributed by atoms with van der Waals surface area (Å²) in [4.78, 5) is 0. The molecule has 0 rings (SSSR count). The second kappa shape index (κ2) is 61.7. The van der Waals surface area contributed by atoms with Gasteiger partial charge in [-0.3, -0.25) is 0 Å². The van der Waals surface area contributed by atoms with Crippen LogP contribution in [-0.2, 0) is 19.5 Å². The predicted molar refractivity (Wildman–Crippen MR) is 26.3 cm³/mol. The second-order valence-electron chi connectivity index (χ2n) is 0. The molecule has 6 N–H and O–H groups in total. The summed E-state index contributed by atoms with van der Waals surface area (Å²) in [5.74, 6) is 0. The topological polar surface area (TPSA) is 94.5 Å². The molecule has 5 heteroatoms. The van der Waals surface area contributed by atoms with Crippen molar-refractivity contribution in [1.29, 1.82) is 0 Å². The second-order valence-corrected chi connectivity index (χ2v) is 0. The molecule has 0 saturated carbocycles. The van der Waals surface area contributed by atoms with Gasteiger partial charge in [0.25, 0.3) is 0 Å². The molecule has 0 unspecified atom stereocenters. The standard InChI is InChI=1S/HI.3H2O.Ru/h1H;3*1H2;. The molecule has 0 atom stereocenters. The molecule has 0 aromatic rings. The molecule has 0 bridgehead atoms. The largest absolute Gasteiger partial charge is 0.412 e. The normalized spacial score (nSPS) is 0. The van der Waals surface area contributed by atoms with E-state index in [9.17, 15) is 0 Å². The van der Waals surface area contributed by atoms with E-state index in [4.69, 9.17) is 0 Å². The van der Waals surface area contributed by atoms with Crippen LogP contribution in [-0.4, -0.2) is 16.4 Å². The van der Waals surface area contributed by atoms with Crippen LogP contribution in [0, 0.1) is 0 Å². The maximum absolute atomic E-state index is 0. The van der Waals surface area contributed by atoms with Crippen molar-refractivity contribution in [3.63, 3.8) is 0 Å². The van der Waals surface area contributed by atoms with Crippen molar-refractivity contribution in [2.75, 3.05) is 0 Å². The van der Waals surface area contributed by atoms with Crippen LogP contribution in [0.25, 0.3) is 0 Å². The van der Waals surface area contributed by atoms with Gasteiger partial charge in [0.2, 0.25) is 0 Å². The van der Waals surface area contributed by atoms with Crippen molar-refractivity contribution < 1.29 is 35.9 Å². The first-order valence-electron chi connectivity index (χ1n) is 0. The third kappa shape index (κ3) is 36.0. The fourth-order valence-corrected chi connectivity index (χ4v) is 0. The van der Waals surface area contributed by atoms with Crippen LogP contribution in [0.4, 0.5) is 0 Å². The Hall–Kier alpha value is 1.23. The zero-order valence-corrected chi connectivity index (χ0v) is 6.33. The summed E-state index contributed by atoms with van der Waals surface area (Å²) in [6, 6.07) is 0. The zero-order chi connectivity index (χ0) is 0. The SMILES string of the molecule is I.O.O.O.[Ru]. The molecule has 0 fully saturated rings. The molecule has 0 spiro atoms. The summed E-state index contributed by atoms with van der Waals surface area (Å²) in [6.45, 7) is 0. The van der Waals surface area contributed by atoms with Gasteiger partial charge in [-0.2, -0.15) is 0 Å². The first-order valence-corrected chi connectivity index (χ1v) is 0. The van der Waals surface area contributed by atoms with E-state index in [0.29, 0.717) is 0 Å². The maximum Gasteiger partial charge on any atom is 0 e. The summed E-state index contributed by atoms with van der Waals surface area (Å²) in [7, 11) is 0. The molecule has 0 heterocycles. The molecular formula is H7IO3Ru. The predicted octanol–water partition coefficient (Wildman–Crippen LogP) is -1.86. The van der Waals surface area contributed by atoms with Gasteiger partial charge in [0, 0.05) is 19.5 Å². The third-order valence-electron chi connectivity index (χ3n) is 0. The average Bonchev–Trinajstić information content (AvgIpc) is 0. The molecule has 0 aliphatic carbocycles. The Morgan fingerprint density at radius 3 is 0.600 bits per heavy atom. The Kier molecular flexibility index (Phi) is 1380. The van der Waals surface area contributed by atoms with Crippen LogP contribution in [0.5, 0.6) is 0 Å². The van der Waals surface area contributed by atoms with E-state index in [1.807, 2.05) is 0 Å². The molecular weight excluding hydrogens is 276 g/mol. The molecule has 0 amide bonds. The van der Waals surface area contributed by atoms with Crippen LogP contribution >= 0.6 is 24.0 Å². The summed E-state index contributed by atoms with van der Waals surface area (Å²) >= 11 is 0. The first-order chi connectivity index (χ1) is 0. The van der Waals surface area contributed by atoms with E-state index >= 15 is 0 Å². The van der Waals surface area contributed by atoms with Crippen LogP contribution in [0.1, 0.15) is 0 Å². The minimum atomic E-state index is 0. The smallest absolute Gasteiger partial charge is 0 e. The number of rotatable bonds is 0. The van der Waals surface area contributed by atoms with Gasteiger partial charge in [-0.15, -0.1) is 24.0 Å². The quantitative estimate of drug-likeness (QED) is 0.368. The van der Waals surface area contributed by atoms with Gasteiger partial charge in [0.1, 0.15) is 0 Å². The van der Waals surface area contributed by atoms with Gasteiger partial charge < -0.3 is 16.4 Å². The molecule has 0 radical (unpaired) electrons. The van der Waals surface area contributed by atoms with Crippen molar-refractivity contribution in [3.8, 4) is 0 Å². The molecule has 40 valence electrons. The van der Waals surface area contributed by atoms with Crippen molar-refractivity contribution in [2.24, 2.45) is 0 Å². The Labute approximate surface area is 59.8 Å². The molecule has 0 aromatic heterocycles. The summed E-state index contributed by atoms with van der Waals surface area (Å²) < 4.78 is 0. The number of halogens is 1. The van der Waals surface area contributed by atoms with Gasteiger partial charge in [-0.1, -0.05) is 0 Å². The zero-order valence-electron chi connectivity index (χ0n) is 2.26. The molecule has 3 nitrogen and oxygen atoms in total. The summed E-state index contributed by atoms with van der Waals surface area (Å²) in [5, 5.41) is 0. The monoisotopic (exact) mass is 284 g/mol. The van der Waals surface area contributed by atoms with Crippen LogP contribution in [0.3, 0.4) is 0 Å². The molecule has 5 heavy (non-hydrogen) atoms. The summed E-state index contributed by atoms with van der Waals surface area (Å²) in [5.41, 5.74) is 0. The minimum Gasteiger partial charge on any atom is -0.412 e. The van der Waals surface area contributed by atoms with Gasteiger partial charge >= 0.3 is 0 Å². The number of hydrogen-bond acceptors (Lipinski definition) is 0. The summed E-state index contributed by atoms with van der Waals surface area (Å²) in [6.07, 6.45) is 0. The van der Waals surface area contributed by atoms with Gasteiger partial charge in [-0.05, 0) is 0 Å². The van der Waals surface area contributed by atoms with Gasteiger partial charge in [0.15, 0.2) is 0 Å². The molecule has 0 aromatic carbocycles. The van der Waals surface area contributed by atoms with Gasteiger partial charge in [-0.25, -0.2) is 0 Å². The average molecular weight is 283 g/mol.